The molecule has 2 N–H and O–H groups in total. The maximum absolute atomic E-state index is 12.2. The van der Waals surface area contributed by atoms with Crippen molar-refractivity contribution in [3.8, 4) is 0 Å². The predicted octanol–water partition coefficient (Wildman–Crippen LogP) is 0.805. The second-order valence-electron chi connectivity index (χ2n) is 5.22. The van der Waals surface area contributed by atoms with Crippen molar-refractivity contribution < 1.29 is 9.72 Å². The van der Waals surface area contributed by atoms with Crippen LogP contribution >= 0.6 is 0 Å². The molecule has 0 aliphatic carbocycles. The second kappa shape index (κ2) is 5.00. The normalized spacial score (nSPS) is 18.0. The van der Waals surface area contributed by atoms with Gasteiger partial charge in [-0.15, -0.1) is 0 Å². The third-order valence-electron chi connectivity index (χ3n) is 3.56. The van der Waals surface area contributed by atoms with Gasteiger partial charge < -0.3 is 15.2 Å². The highest BCUT2D eigenvalue weighted by atomic mass is 16.6. The van der Waals surface area contributed by atoms with Crippen LogP contribution in [0.4, 0.5) is 5.69 Å². The van der Waals surface area contributed by atoms with Gasteiger partial charge in [-0.2, -0.15) is 0 Å². The first-order valence-corrected chi connectivity index (χ1v) is 6.25. The summed E-state index contributed by atoms with van der Waals surface area (Å²) in [4.78, 5) is 22.4. The number of carbonyl (C=O) groups excluding carboxylic acids is 1. The zero-order chi connectivity index (χ0) is 14.0. The van der Waals surface area contributed by atoms with E-state index in [1.165, 1.54) is 16.8 Å². The number of nitrogens with zero attached hydrogens (tertiary/aromatic N) is 2. The molecule has 1 aliphatic heterocycles. The Morgan fingerprint density at radius 1 is 1.53 bits per heavy atom. The number of aryl methyl sites for hydroxylation is 1. The molecule has 1 fully saturated rings. The molecule has 0 atom stereocenters. The first-order chi connectivity index (χ1) is 8.91. The number of aromatic nitrogens is 1. The monoisotopic (exact) mass is 266 g/mol. The van der Waals surface area contributed by atoms with E-state index in [-0.39, 0.29) is 17.1 Å². The van der Waals surface area contributed by atoms with Gasteiger partial charge in [0.1, 0.15) is 5.69 Å². The largest absolute Gasteiger partial charge is 0.346 e. The topological polar surface area (TPSA) is 89.2 Å². The molecule has 0 radical (unpaired) electrons. The minimum absolute atomic E-state index is 0.0666. The summed E-state index contributed by atoms with van der Waals surface area (Å²) in [5.41, 5.74) is -0.00365. The molecule has 19 heavy (non-hydrogen) atoms. The van der Waals surface area contributed by atoms with Gasteiger partial charge in [-0.3, -0.25) is 14.9 Å². The fraction of sp³-hybridized carbons (Fsp3) is 0.583. The maximum atomic E-state index is 12.2. The summed E-state index contributed by atoms with van der Waals surface area (Å²) < 4.78 is 1.48. The molecular formula is C12H18N4O3. The summed E-state index contributed by atoms with van der Waals surface area (Å²) >= 11 is 0. The van der Waals surface area contributed by atoms with Gasteiger partial charge in [0.05, 0.1) is 11.1 Å². The fourth-order valence-electron chi connectivity index (χ4n) is 2.31. The first kappa shape index (κ1) is 13.5. The van der Waals surface area contributed by atoms with Crippen LogP contribution in [0.2, 0.25) is 0 Å². The van der Waals surface area contributed by atoms with Crippen LogP contribution in [0.5, 0.6) is 0 Å². The van der Waals surface area contributed by atoms with Crippen molar-refractivity contribution in [3.63, 3.8) is 0 Å². The number of piperidine rings is 1. The molecule has 7 heteroatoms. The van der Waals surface area contributed by atoms with Crippen molar-refractivity contribution >= 4 is 11.6 Å². The smallest absolute Gasteiger partial charge is 0.287 e. The molecule has 1 aromatic heterocycles. The Morgan fingerprint density at radius 3 is 2.68 bits per heavy atom. The highest BCUT2D eigenvalue weighted by Gasteiger charge is 2.30. The third-order valence-corrected chi connectivity index (χ3v) is 3.56. The van der Waals surface area contributed by atoms with E-state index in [1.54, 1.807) is 7.05 Å². The molecule has 1 saturated heterocycles. The van der Waals surface area contributed by atoms with Gasteiger partial charge in [-0.1, -0.05) is 0 Å². The Balaban J connectivity index is 2.13. The molecule has 7 nitrogen and oxygen atoms in total. The van der Waals surface area contributed by atoms with Crippen LogP contribution in [0.3, 0.4) is 0 Å². The first-order valence-electron chi connectivity index (χ1n) is 6.25. The number of nitrogens with one attached hydrogen (secondary N) is 2. The van der Waals surface area contributed by atoms with Crippen LogP contribution in [0.25, 0.3) is 0 Å². The number of hydrogen-bond acceptors (Lipinski definition) is 4. The van der Waals surface area contributed by atoms with Crippen LogP contribution in [0.1, 0.15) is 30.3 Å². The molecule has 104 valence electrons. The number of amides is 1. The summed E-state index contributed by atoms with van der Waals surface area (Å²) in [6.07, 6.45) is 3.05. The lowest BCUT2D eigenvalue weighted by molar-refractivity contribution is -0.384. The zero-order valence-corrected chi connectivity index (χ0v) is 11.1. The molecule has 2 heterocycles. The molecule has 1 amide bonds. The second-order valence-corrected chi connectivity index (χ2v) is 5.22. The summed E-state index contributed by atoms with van der Waals surface area (Å²) in [6, 6.07) is 1.31. The van der Waals surface area contributed by atoms with E-state index < -0.39 is 4.92 Å². The fourth-order valence-corrected chi connectivity index (χ4v) is 2.31. The van der Waals surface area contributed by atoms with Gasteiger partial charge in [0.15, 0.2) is 0 Å². The minimum Gasteiger partial charge on any atom is -0.346 e. The molecule has 1 aromatic rings. The summed E-state index contributed by atoms with van der Waals surface area (Å²) in [6.45, 7) is 3.73. The summed E-state index contributed by atoms with van der Waals surface area (Å²) in [5.74, 6) is -0.264. The van der Waals surface area contributed by atoms with E-state index in [9.17, 15) is 14.9 Å². The number of carbonyl (C=O) groups is 1. The zero-order valence-electron chi connectivity index (χ0n) is 11.1. The predicted molar refractivity (Wildman–Crippen MR) is 70.0 cm³/mol. The standard InChI is InChI=1S/C12H18N4O3/c1-12(3-5-13-6-4-12)14-11(17)10-7-9(16(18)19)8-15(10)2/h7-8,13H,3-6H2,1-2H3,(H,14,17). The lowest BCUT2D eigenvalue weighted by Gasteiger charge is -2.34. The number of rotatable bonds is 3. The lowest BCUT2D eigenvalue weighted by Crippen LogP contribution is -2.52. The average Bonchev–Trinajstić information content (AvgIpc) is 2.72. The minimum atomic E-state index is -0.497. The lowest BCUT2D eigenvalue weighted by atomic mass is 9.90. The Hall–Kier alpha value is -1.89. The van der Waals surface area contributed by atoms with Crippen molar-refractivity contribution in [1.82, 2.24) is 15.2 Å². The summed E-state index contributed by atoms with van der Waals surface area (Å²) in [5, 5.41) is 16.9. The molecule has 1 aliphatic rings. The van der Waals surface area contributed by atoms with Gasteiger partial charge in [0.2, 0.25) is 0 Å². The SMILES string of the molecule is Cn1cc([N+](=O)[O-])cc1C(=O)NC1(C)CCNCC1. The van der Waals surface area contributed by atoms with Gasteiger partial charge in [0.25, 0.3) is 11.6 Å². The Morgan fingerprint density at radius 2 is 2.16 bits per heavy atom. The van der Waals surface area contributed by atoms with Crippen molar-refractivity contribution in [2.75, 3.05) is 13.1 Å². The third kappa shape index (κ3) is 2.93. The van der Waals surface area contributed by atoms with Crippen LogP contribution in [-0.4, -0.2) is 34.0 Å². The molecule has 0 unspecified atom stereocenters. The Labute approximate surface area is 111 Å². The van der Waals surface area contributed by atoms with Crippen molar-refractivity contribution in [2.24, 2.45) is 7.05 Å². The van der Waals surface area contributed by atoms with Gasteiger partial charge in [0, 0.05) is 18.7 Å². The molecule has 2 rings (SSSR count). The van der Waals surface area contributed by atoms with E-state index >= 15 is 0 Å². The van der Waals surface area contributed by atoms with E-state index in [0.717, 1.165) is 25.9 Å². The average molecular weight is 266 g/mol. The van der Waals surface area contributed by atoms with Crippen molar-refractivity contribution in [2.45, 2.75) is 25.3 Å². The van der Waals surface area contributed by atoms with Crippen LogP contribution in [0, 0.1) is 10.1 Å². The Kier molecular flexibility index (Phi) is 3.57. The van der Waals surface area contributed by atoms with E-state index in [0.29, 0.717) is 5.69 Å². The van der Waals surface area contributed by atoms with Gasteiger partial charge in [-0.25, -0.2) is 0 Å². The molecule has 0 aromatic carbocycles. The maximum Gasteiger partial charge on any atom is 0.287 e. The molecular weight excluding hydrogens is 248 g/mol. The van der Waals surface area contributed by atoms with Gasteiger partial charge >= 0.3 is 0 Å². The quantitative estimate of drug-likeness (QED) is 0.625. The Bertz CT molecular complexity index is 503. The van der Waals surface area contributed by atoms with Crippen molar-refractivity contribution in [3.05, 3.63) is 28.1 Å². The molecule has 0 saturated carbocycles. The van der Waals surface area contributed by atoms with E-state index in [4.69, 9.17) is 0 Å². The molecule has 0 bridgehead atoms. The number of nitro groups is 1. The summed E-state index contributed by atoms with van der Waals surface area (Å²) in [7, 11) is 1.63. The number of hydrogen-bond donors (Lipinski definition) is 2. The van der Waals surface area contributed by atoms with E-state index in [2.05, 4.69) is 10.6 Å². The van der Waals surface area contributed by atoms with Crippen LogP contribution in [-0.2, 0) is 7.05 Å². The highest BCUT2D eigenvalue weighted by Crippen LogP contribution is 2.20. The van der Waals surface area contributed by atoms with E-state index in [1.807, 2.05) is 6.92 Å². The van der Waals surface area contributed by atoms with Crippen molar-refractivity contribution in [1.29, 1.82) is 0 Å². The highest BCUT2D eigenvalue weighted by molar-refractivity contribution is 5.94. The van der Waals surface area contributed by atoms with Crippen LogP contribution < -0.4 is 10.6 Å². The van der Waals surface area contributed by atoms with Gasteiger partial charge in [-0.05, 0) is 32.9 Å². The van der Waals surface area contributed by atoms with Crippen LogP contribution in [0.15, 0.2) is 12.3 Å². The molecule has 0 spiro atoms.